The number of piperidine rings is 1. The van der Waals surface area contributed by atoms with E-state index in [-0.39, 0.29) is 24.5 Å². The number of carbonyl (C=O) groups is 1. The van der Waals surface area contributed by atoms with Crippen LogP contribution < -0.4 is 9.46 Å². The van der Waals surface area contributed by atoms with Gasteiger partial charge in [0.2, 0.25) is 0 Å². The second-order valence-corrected chi connectivity index (χ2v) is 13.2. The Balaban J connectivity index is 1.79. The molecule has 2 aliphatic heterocycles. The third kappa shape index (κ3) is 6.49. The van der Waals surface area contributed by atoms with Crippen LogP contribution in [0.5, 0.6) is 5.75 Å². The zero-order valence-corrected chi connectivity index (χ0v) is 23.2. The minimum absolute atomic E-state index is 0.0360. The maximum Gasteiger partial charge on any atom is 0.254 e. The van der Waals surface area contributed by atoms with E-state index in [1.807, 2.05) is 51.7 Å². The lowest BCUT2D eigenvalue weighted by Gasteiger charge is -2.38. The molecule has 0 aliphatic carbocycles. The molecule has 3 unspecified atom stereocenters. The van der Waals surface area contributed by atoms with Gasteiger partial charge in [-0.05, 0) is 81.4 Å². The lowest BCUT2D eigenvalue weighted by molar-refractivity contribution is -0.161. The molecule has 0 saturated carbocycles. The summed E-state index contributed by atoms with van der Waals surface area (Å²) in [7, 11) is 0.317. The smallest absolute Gasteiger partial charge is 0.254 e. The normalized spacial score (nSPS) is 23.4. The third-order valence-corrected chi connectivity index (χ3v) is 8.78. The zero-order chi connectivity index (χ0) is 24.6. The summed E-state index contributed by atoms with van der Waals surface area (Å²) >= 11 is 9.88. The predicted octanol–water partition coefficient (Wildman–Crippen LogP) is 4.59. The number of rotatable bonds is 6. The Morgan fingerprint density at radius 2 is 1.97 bits per heavy atom. The number of ether oxygens (including phenoxy) is 3. The lowest BCUT2D eigenvalue weighted by atomic mass is 9.85. The molecule has 2 fully saturated rings. The van der Waals surface area contributed by atoms with Crippen LogP contribution >= 0.6 is 27.5 Å². The van der Waals surface area contributed by atoms with Gasteiger partial charge in [0, 0.05) is 23.1 Å². The summed E-state index contributed by atoms with van der Waals surface area (Å²) in [6.45, 7) is 10.9. The van der Waals surface area contributed by atoms with Crippen LogP contribution in [0.25, 0.3) is 0 Å². The van der Waals surface area contributed by atoms with Crippen molar-refractivity contribution in [3.05, 3.63) is 27.2 Å². The van der Waals surface area contributed by atoms with E-state index < -0.39 is 27.6 Å². The fraction of sp³-hybridized carbons (Fsp3) is 0.696. The highest BCUT2D eigenvalue weighted by Crippen LogP contribution is 2.40. The number of carbonyl (C=O) groups excluding carboxylic acids is 1. The van der Waals surface area contributed by atoms with E-state index in [2.05, 4.69) is 20.7 Å². The van der Waals surface area contributed by atoms with Crippen LogP contribution in [0.4, 0.5) is 0 Å². The third-order valence-electron chi connectivity index (χ3n) is 6.00. The number of methoxy groups -OCH3 is 1. The molecule has 10 heteroatoms. The minimum Gasteiger partial charge on any atom is -0.496 e. The number of nitrogens with zero attached hydrogens (tertiary/aromatic N) is 1. The molecule has 1 aromatic rings. The van der Waals surface area contributed by atoms with Crippen LogP contribution in [-0.4, -0.2) is 58.5 Å². The van der Waals surface area contributed by atoms with Crippen molar-refractivity contribution in [2.24, 2.45) is 5.92 Å². The van der Waals surface area contributed by atoms with Gasteiger partial charge >= 0.3 is 0 Å². The number of benzene rings is 1. The summed E-state index contributed by atoms with van der Waals surface area (Å²) in [5, 5.41) is 0.563. The molecule has 1 amide bonds. The molecule has 2 saturated heterocycles. The van der Waals surface area contributed by atoms with Crippen LogP contribution in [0.2, 0.25) is 5.02 Å². The van der Waals surface area contributed by atoms with Crippen molar-refractivity contribution in [2.45, 2.75) is 70.1 Å². The van der Waals surface area contributed by atoms with Crippen LogP contribution in [-0.2, 0) is 25.3 Å². The molecule has 3 rings (SSSR count). The topological polar surface area (TPSA) is 77.1 Å². The number of hydrogen-bond acceptors (Lipinski definition) is 5. The Morgan fingerprint density at radius 1 is 1.33 bits per heavy atom. The van der Waals surface area contributed by atoms with Gasteiger partial charge in [-0.3, -0.25) is 4.79 Å². The molecule has 2 aliphatic rings. The molecule has 1 N–H and O–H groups in total. The van der Waals surface area contributed by atoms with E-state index >= 15 is 0 Å². The summed E-state index contributed by atoms with van der Waals surface area (Å²) in [6, 6.07) is 3.46. The SMILES string of the molecule is COc1cc(Br)c(Cl)cc1C(NS(=O)C(C)(C)C)C1CCN(C(=O)C2COC(C)(C)O2)CC1. The highest BCUT2D eigenvalue weighted by Gasteiger charge is 2.41. The van der Waals surface area contributed by atoms with Crippen LogP contribution in [0.3, 0.4) is 0 Å². The van der Waals surface area contributed by atoms with Gasteiger partial charge < -0.3 is 19.1 Å². The van der Waals surface area contributed by atoms with E-state index in [1.165, 1.54) is 0 Å². The van der Waals surface area contributed by atoms with E-state index in [0.717, 1.165) is 22.9 Å². The van der Waals surface area contributed by atoms with Gasteiger partial charge in [-0.2, -0.15) is 0 Å². The quantitative estimate of drug-likeness (QED) is 0.546. The Kier molecular flexibility index (Phi) is 8.55. The summed E-state index contributed by atoms with van der Waals surface area (Å²) in [5.74, 6) is 0.0453. The monoisotopic (exact) mass is 564 g/mol. The largest absolute Gasteiger partial charge is 0.496 e. The second-order valence-electron chi connectivity index (χ2n) is 9.96. The first kappa shape index (κ1) is 26.9. The van der Waals surface area contributed by atoms with Crippen LogP contribution in [0.1, 0.15) is 59.1 Å². The van der Waals surface area contributed by atoms with Gasteiger partial charge in [0.1, 0.15) is 5.75 Å². The molecular weight excluding hydrogens is 532 g/mol. The highest BCUT2D eigenvalue weighted by atomic mass is 79.9. The number of hydrogen-bond donors (Lipinski definition) is 1. The fourth-order valence-electron chi connectivity index (χ4n) is 4.14. The first-order valence-corrected chi connectivity index (χ1v) is 13.5. The molecule has 0 radical (unpaired) electrons. The van der Waals surface area contributed by atoms with Crippen LogP contribution in [0.15, 0.2) is 16.6 Å². The van der Waals surface area contributed by atoms with Crippen molar-refractivity contribution in [2.75, 3.05) is 26.8 Å². The Bertz CT molecular complexity index is 900. The fourth-order valence-corrected chi connectivity index (χ4v) is 5.53. The molecule has 2 heterocycles. The maximum atomic E-state index is 13.1. The van der Waals surface area contributed by atoms with Crippen molar-refractivity contribution >= 4 is 44.4 Å². The van der Waals surface area contributed by atoms with Gasteiger partial charge in [0.05, 0.1) is 40.5 Å². The molecule has 0 bridgehead atoms. The van der Waals surface area contributed by atoms with Crippen molar-refractivity contribution in [3.63, 3.8) is 0 Å². The molecule has 3 atom stereocenters. The van der Waals surface area contributed by atoms with Crippen molar-refractivity contribution in [3.8, 4) is 5.75 Å². The van der Waals surface area contributed by atoms with E-state index in [1.54, 1.807) is 7.11 Å². The van der Waals surface area contributed by atoms with Gasteiger partial charge in [0.25, 0.3) is 5.91 Å². The lowest BCUT2D eigenvalue weighted by Crippen LogP contribution is -2.47. The van der Waals surface area contributed by atoms with E-state index in [9.17, 15) is 9.00 Å². The van der Waals surface area contributed by atoms with Gasteiger partial charge in [0.15, 0.2) is 11.9 Å². The average Bonchev–Trinajstić information content (AvgIpc) is 3.12. The molecule has 1 aromatic carbocycles. The first-order chi connectivity index (χ1) is 15.3. The summed E-state index contributed by atoms with van der Waals surface area (Å²) in [4.78, 5) is 14.8. The van der Waals surface area contributed by atoms with Crippen molar-refractivity contribution in [1.29, 1.82) is 0 Å². The predicted molar refractivity (Wildman–Crippen MR) is 134 cm³/mol. The molecule has 186 valence electrons. The standard InChI is InChI=1S/C23H34BrClN2O5S/c1-22(2,3)33(29)26-20(15-11-17(25)16(24)12-18(15)30-6)14-7-9-27(10-8-14)21(28)19-13-31-23(4,5)32-19/h11-12,14,19-20,26H,7-10,13H2,1-6H3. The molecular formula is C23H34BrClN2O5S. The highest BCUT2D eigenvalue weighted by molar-refractivity contribution is 9.10. The Morgan fingerprint density at radius 3 is 2.48 bits per heavy atom. The number of amides is 1. The van der Waals surface area contributed by atoms with Crippen molar-refractivity contribution in [1.82, 2.24) is 9.62 Å². The van der Waals surface area contributed by atoms with Crippen LogP contribution in [0, 0.1) is 5.92 Å². The molecule has 0 aromatic heterocycles. The van der Waals surface area contributed by atoms with E-state index in [4.69, 9.17) is 25.8 Å². The van der Waals surface area contributed by atoms with Gasteiger partial charge in [-0.25, -0.2) is 8.93 Å². The molecule has 33 heavy (non-hydrogen) atoms. The average molecular weight is 566 g/mol. The van der Waals surface area contributed by atoms with Crippen molar-refractivity contribution < 1.29 is 23.2 Å². The minimum atomic E-state index is -1.30. The zero-order valence-electron chi connectivity index (χ0n) is 20.1. The maximum absolute atomic E-state index is 13.1. The molecule has 7 nitrogen and oxygen atoms in total. The molecule has 0 spiro atoms. The number of nitrogens with one attached hydrogen (secondary N) is 1. The number of likely N-dealkylation sites (tertiary alicyclic amines) is 1. The summed E-state index contributed by atoms with van der Waals surface area (Å²) in [5.41, 5.74) is 0.863. The Labute approximate surface area is 212 Å². The Hall–Kier alpha value is -0.710. The van der Waals surface area contributed by atoms with Gasteiger partial charge in [-0.1, -0.05) is 11.6 Å². The first-order valence-electron chi connectivity index (χ1n) is 11.1. The van der Waals surface area contributed by atoms with E-state index in [0.29, 0.717) is 23.9 Å². The number of halogens is 2. The summed E-state index contributed by atoms with van der Waals surface area (Å²) in [6.07, 6.45) is 0.932. The summed E-state index contributed by atoms with van der Waals surface area (Å²) < 4.78 is 33.7. The second kappa shape index (κ2) is 10.5. The van der Waals surface area contributed by atoms with Gasteiger partial charge in [-0.15, -0.1) is 0 Å².